The van der Waals surface area contributed by atoms with Gasteiger partial charge in [-0.15, -0.1) is 0 Å². The molecule has 2 aromatic rings. The molecule has 0 aliphatic heterocycles. The van der Waals surface area contributed by atoms with Crippen LogP contribution in [-0.4, -0.2) is 17.3 Å². The van der Waals surface area contributed by atoms with Gasteiger partial charge in [-0.05, 0) is 12.6 Å². The summed E-state index contributed by atoms with van der Waals surface area (Å²) in [4.78, 5) is 22.3. The lowest BCUT2D eigenvalue weighted by molar-refractivity contribution is -0.385. The molecule has 0 spiro atoms. The number of ketones is 1. The molecule has 0 saturated heterocycles. The Morgan fingerprint density at radius 3 is 2.15 bits per heavy atom. The number of nitro benzene ring substituents is 1. The van der Waals surface area contributed by atoms with Crippen molar-refractivity contribution in [3.05, 3.63) is 75.8 Å². The van der Waals surface area contributed by atoms with Gasteiger partial charge in [0.05, 0.1) is 4.92 Å². The van der Waals surface area contributed by atoms with Gasteiger partial charge in [0.25, 0.3) is 5.69 Å². The fourth-order valence-corrected chi connectivity index (χ4v) is 1.57. The van der Waals surface area contributed by atoms with E-state index in [-0.39, 0.29) is 17.0 Å². The standard InChI is InChI=1S/C13H9NO3.C2H7N/c15-13(10-6-2-1-3-7-10)11-8-4-5-9-12(11)14(16)17;1-2-3/h1-9H;2-3H2,1H3. The van der Waals surface area contributed by atoms with Crippen LogP contribution in [-0.2, 0) is 0 Å². The highest BCUT2D eigenvalue weighted by atomic mass is 16.6. The number of benzene rings is 2. The number of nitrogens with zero attached hydrogens (tertiary/aromatic N) is 1. The van der Waals surface area contributed by atoms with Crippen LogP contribution in [0.25, 0.3) is 0 Å². The summed E-state index contributed by atoms with van der Waals surface area (Å²) in [6.07, 6.45) is 0. The number of carbonyl (C=O) groups is 1. The van der Waals surface area contributed by atoms with Crippen molar-refractivity contribution in [1.82, 2.24) is 0 Å². The molecule has 0 aliphatic carbocycles. The van der Waals surface area contributed by atoms with E-state index < -0.39 is 4.92 Å². The monoisotopic (exact) mass is 272 g/mol. The van der Waals surface area contributed by atoms with Crippen molar-refractivity contribution in [2.45, 2.75) is 6.92 Å². The maximum atomic E-state index is 12.1. The third kappa shape index (κ3) is 4.00. The van der Waals surface area contributed by atoms with E-state index >= 15 is 0 Å². The minimum absolute atomic E-state index is 0.115. The van der Waals surface area contributed by atoms with Crippen LogP contribution in [0.4, 0.5) is 5.69 Å². The summed E-state index contributed by atoms with van der Waals surface area (Å²) in [5.74, 6) is -0.335. The Morgan fingerprint density at radius 1 is 1.10 bits per heavy atom. The Bertz CT molecular complexity index is 583. The fourth-order valence-electron chi connectivity index (χ4n) is 1.57. The third-order valence-corrected chi connectivity index (χ3v) is 2.38. The van der Waals surface area contributed by atoms with Crippen LogP contribution in [0.1, 0.15) is 22.8 Å². The molecular weight excluding hydrogens is 256 g/mol. The first-order chi connectivity index (χ1) is 9.61. The van der Waals surface area contributed by atoms with Crippen molar-refractivity contribution < 1.29 is 9.72 Å². The SMILES string of the molecule is CCN.O=C(c1ccccc1)c1ccccc1[N+](=O)[O-]. The van der Waals surface area contributed by atoms with Crippen molar-refractivity contribution >= 4 is 11.5 Å². The van der Waals surface area contributed by atoms with Crippen molar-refractivity contribution in [1.29, 1.82) is 0 Å². The van der Waals surface area contributed by atoms with Gasteiger partial charge in [0, 0.05) is 11.6 Å². The Labute approximate surface area is 117 Å². The van der Waals surface area contributed by atoms with Crippen LogP contribution >= 0.6 is 0 Å². The van der Waals surface area contributed by atoms with E-state index in [0.717, 1.165) is 6.54 Å². The van der Waals surface area contributed by atoms with Crippen LogP contribution in [0, 0.1) is 10.1 Å². The van der Waals surface area contributed by atoms with E-state index in [1.165, 1.54) is 12.1 Å². The van der Waals surface area contributed by atoms with Gasteiger partial charge in [0.15, 0.2) is 5.78 Å². The Kier molecular flexibility index (Phi) is 6.06. The lowest BCUT2D eigenvalue weighted by Crippen LogP contribution is -2.04. The van der Waals surface area contributed by atoms with Gasteiger partial charge in [0.2, 0.25) is 0 Å². The van der Waals surface area contributed by atoms with Gasteiger partial charge in [-0.25, -0.2) is 0 Å². The molecule has 0 bridgehead atoms. The normalized spacial score (nSPS) is 9.30. The maximum absolute atomic E-state index is 12.1. The van der Waals surface area contributed by atoms with Crippen LogP contribution in [0.15, 0.2) is 54.6 Å². The number of para-hydroxylation sites is 1. The summed E-state index contributed by atoms with van der Waals surface area (Å²) < 4.78 is 0. The van der Waals surface area contributed by atoms with Gasteiger partial charge in [-0.1, -0.05) is 49.4 Å². The number of nitrogens with two attached hydrogens (primary N) is 1. The van der Waals surface area contributed by atoms with Crippen LogP contribution in [0.5, 0.6) is 0 Å². The molecule has 0 unspecified atom stereocenters. The first kappa shape index (κ1) is 15.5. The summed E-state index contributed by atoms with van der Waals surface area (Å²) >= 11 is 0. The van der Waals surface area contributed by atoms with Crippen LogP contribution in [0.3, 0.4) is 0 Å². The minimum atomic E-state index is -0.545. The van der Waals surface area contributed by atoms with Crippen LogP contribution < -0.4 is 5.73 Å². The summed E-state index contributed by atoms with van der Waals surface area (Å²) in [5.41, 5.74) is 5.24. The molecule has 0 aliphatic rings. The molecule has 104 valence electrons. The average Bonchev–Trinajstić information content (AvgIpc) is 2.48. The lowest BCUT2D eigenvalue weighted by Gasteiger charge is -2.01. The fraction of sp³-hybridized carbons (Fsp3) is 0.133. The summed E-state index contributed by atoms with van der Waals surface area (Å²) in [6.45, 7) is 2.65. The number of rotatable bonds is 3. The molecule has 0 fully saturated rings. The van der Waals surface area contributed by atoms with E-state index in [2.05, 4.69) is 0 Å². The molecule has 2 N–H and O–H groups in total. The van der Waals surface area contributed by atoms with Crippen molar-refractivity contribution in [3.8, 4) is 0 Å². The number of nitro groups is 1. The molecule has 0 radical (unpaired) electrons. The molecule has 20 heavy (non-hydrogen) atoms. The van der Waals surface area contributed by atoms with Crippen molar-refractivity contribution in [3.63, 3.8) is 0 Å². The van der Waals surface area contributed by atoms with E-state index in [4.69, 9.17) is 5.73 Å². The van der Waals surface area contributed by atoms with Gasteiger partial charge in [0.1, 0.15) is 5.56 Å². The topological polar surface area (TPSA) is 86.2 Å². The predicted octanol–water partition coefficient (Wildman–Crippen LogP) is 2.79. The molecular formula is C15H16N2O3. The molecule has 5 heteroatoms. The zero-order chi connectivity index (χ0) is 15.0. The third-order valence-electron chi connectivity index (χ3n) is 2.38. The first-order valence-electron chi connectivity index (χ1n) is 6.15. The van der Waals surface area contributed by atoms with Crippen molar-refractivity contribution in [2.24, 2.45) is 5.73 Å². The van der Waals surface area contributed by atoms with Crippen molar-refractivity contribution in [2.75, 3.05) is 6.54 Å². The van der Waals surface area contributed by atoms with E-state index in [1.54, 1.807) is 42.5 Å². The highest BCUT2D eigenvalue weighted by Gasteiger charge is 2.19. The van der Waals surface area contributed by atoms with E-state index in [0.29, 0.717) is 5.56 Å². The lowest BCUT2D eigenvalue weighted by atomic mass is 10.0. The van der Waals surface area contributed by atoms with E-state index in [9.17, 15) is 14.9 Å². The zero-order valence-electron chi connectivity index (χ0n) is 11.2. The molecule has 2 aromatic carbocycles. The Balaban J connectivity index is 0.000000612. The second-order valence-electron chi connectivity index (χ2n) is 3.88. The first-order valence-corrected chi connectivity index (χ1v) is 6.15. The molecule has 0 aromatic heterocycles. The smallest absolute Gasteiger partial charge is 0.280 e. The predicted molar refractivity (Wildman–Crippen MR) is 77.7 cm³/mol. The van der Waals surface area contributed by atoms with Gasteiger partial charge in [-0.3, -0.25) is 14.9 Å². The summed E-state index contributed by atoms with van der Waals surface area (Å²) in [7, 11) is 0. The second kappa shape index (κ2) is 7.81. The highest BCUT2D eigenvalue weighted by molar-refractivity contribution is 6.11. The second-order valence-corrected chi connectivity index (χ2v) is 3.88. The number of hydrogen-bond acceptors (Lipinski definition) is 4. The molecule has 0 saturated carbocycles. The van der Waals surface area contributed by atoms with Gasteiger partial charge >= 0.3 is 0 Å². The summed E-state index contributed by atoms with van der Waals surface area (Å²) in [6, 6.07) is 14.5. The zero-order valence-corrected chi connectivity index (χ0v) is 11.2. The number of hydrogen-bond donors (Lipinski definition) is 1. The molecule has 0 atom stereocenters. The highest BCUT2D eigenvalue weighted by Crippen LogP contribution is 2.20. The van der Waals surface area contributed by atoms with Gasteiger partial charge < -0.3 is 5.73 Å². The average molecular weight is 272 g/mol. The quantitative estimate of drug-likeness (QED) is 0.528. The Hall–Kier alpha value is -2.53. The minimum Gasteiger partial charge on any atom is -0.331 e. The van der Waals surface area contributed by atoms with E-state index in [1.807, 2.05) is 6.92 Å². The van der Waals surface area contributed by atoms with Gasteiger partial charge in [-0.2, -0.15) is 0 Å². The molecule has 0 heterocycles. The summed E-state index contributed by atoms with van der Waals surface area (Å²) in [5, 5.41) is 10.8. The Morgan fingerprint density at radius 2 is 1.60 bits per heavy atom. The molecule has 2 rings (SSSR count). The van der Waals surface area contributed by atoms with Crippen LogP contribution in [0.2, 0.25) is 0 Å². The molecule has 0 amide bonds. The largest absolute Gasteiger partial charge is 0.331 e. The maximum Gasteiger partial charge on any atom is 0.280 e. The molecule has 5 nitrogen and oxygen atoms in total. The number of carbonyl (C=O) groups excluding carboxylic acids is 1.